The van der Waals surface area contributed by atoms with Gasteiger partial charge in [-0.25, -0.2) is 0 Å². The van der Waals surface area contributed by atoms with E-state index >= 15 is 0 Å². The number of nitrogens with one attached hydrogen (secondary N) is 1. The first kappa shape index (κ1) is 21.3. The molecule has 0 radical (unpaired) electrons. The van der Waals surface area contributed by atoms with Crippen molar-refractivity contribution in [3.63, 3.8) is 0 Å². The van der Waals surface area contributed by atoms with Crippen LogP contribution in [0.3, 0.4) is 0 Å². The number of ether oxygens (including phenoxy) is 1. The van der Waals surface area contributed by atoms with Crippen molar-refractivity contribution in [2.45, 2.75) is 18.6 Å². The molecule has 1 aromatic carbocycles. The van der Waals surface area contributed by atoms with Gasteiger partial charge in [0, 0.05) is 29.4 Å². The number of halogens is 4. The average molecular weight is 446 g/mol. The summed E-state index contributed by atoms with van der Waals surface area (Å²) in [7, 11) is 0. The van der Waals surface area contributed by atoms with E-state index in [9.17, 15) is 18.0 Å². The van der Waals surface area contributed by atoms with Crippen LogP contribution in [0.4, 0.5) is 13.2 Å². The van der Waals surface area contributed by atoms with Crippen LogP contribution in [0.1, 0.15) is 12.1 Å². The Balaban J connectivity index is 1.74. The van der Waals surface area contributed by atoms with Gasteiger partial charge in [0.15, 0.2) is 12.3 Å². The third kappa shape index (κ3) is 5.34. The Morgan fingerprint density at radius 3 is 2.86 bits per heavy atom. The summed E-state index contributed by atoms with van der Waals surface area (Å²) in [4.78, 5) is 12.8. The van der Waals surface area contributed by atoms with Crippen LogP contribution in [-0.2, 0) is 11.0 Å². The van der Waals surface area contributed by atoms with Gasteiger partial charge in [0.1, 0.15) is 0 Å². The summed E-state index contributed by atoms with van der Waals surface area (Å²) < 4.78 is 54.6. The Labute approximate surface area is 173 Å². The number of para-hydroxylation sites is 1. The molecule has 1 atom stereocenters. The van der Waals surface area contributed by atoms with E-state index in [1.807, 2.05) is 0 Å². The maximum absolute atomic E-state index is 13.1. The minimum atomic E-state index is -4.69. The lowest BCUT2D eigenvalue weighted by molar-refractivity contribution is -0.141. The fourth-order valence-corrected chi connectivity index (χ4v) is 3.22. The second kappa shape index (κ2) is 8.93. The van der Waals surface area contributed by atoms with Gasteiger partial charge in [-0.2, -0.15) is 23.0 Å². The zero-order chi connectivity index (χ0) is 21.0. The number of rotatable bonds is 6. The first-order chi connectivity index (χ1) is 13.8. The van der Waals surface area contributed by atoms with Gasteiger partial charge in [-0.3, -0.25) is 4.79 Å². The van der Waals surface area contributed by atoms with Crippen molar-refractivity contribution in [3.05, 3.63) is 64.2 Å². The molecule has 3 rings (SSSR count). The second-order valence-corrected chi connectivity index (χ2v) is 7.12. The van der Waals surface area contributed by atoms with E-state index in [1.165, 1.54) is 12.1 Å². The third-order valence-corrected chi connectivity index (χ3v) is 4.77. The minimum absolute atomic E-state index is 0.173. The van der Waals surface area contributed by atoms with Crippen molar-refractivity contribution in [2.75, 3.05) is 6.61 Å². The van der Waals surface area contributed by atoms with Crippen molar-refractivity contribution in [2.24, 2.45) is 0 Å². The molecular formula is C18H15ClF3N3O3S. The molecule has 0 saturated heterocycles. The highest BCUT2D eigenvalue weighted by Crippen LogP contribution is 2.33. The lowest BCUT2D eigenvalue weighted by Crippen LogP contribution is -2.37. The lowest BCUT2D eigenvalue weighted by atomic mass is 10.1. The van der Waals surface area contributed by atoms with Gasteiger partial charge >= 0.3 is 6.18 Å². The molecule has 0 bridgehead atoms. The minimum Gasteiger partial charge on any atom is -0.467 e. The summed E-state index contributed by atoms with van der Waals surface area (Å²) in [5.74, 6) is -0.810. The molecule has 1 heterocycles. The van der Waals surface area contributed by atoms with E-state index in [1.54, 1.807) is 30.4 Å². The maximum atomic E-state index is 13.1. The number of carbonyl (C=O) groups is 1. The summed E-state index contributed by atoms with van der Waals surface area (Å²) in [6.45, 7) is -0.525. The van der Waals surface area contributed by atoms with Crippen LogP contribution in [-0.4, -0.2) is 32.9 Å². The summed E-state index contributed by atoms with van der Waals surface area (Å²) in [5.41, 5.74) is -0.983. The van der Waals surface area contributed by atoms with Gasteiger partial charge in [-0.05, 0) is 12.1 Å². The van der Waals surface area contributed by atoms with Crippen LogP contribution in [0, 0.1) is 0 Å². The van der Waals surface area contributed by atoms with Crippen molar-refractivity contribution >= 4 is 29.6 Å². The molecule has 2 aromatic rings. The van der Waals surface area contributed by atoms with Crippen LogP contribution in [0.2, 0.25) is 5.02 Å². The third-order valence-electron chi connectivity index (χ3n) is 3.91. The molecule has 1 unspecified atom stereocenters. The Hall–Kier alpha value is -2.43. The maximum Gasteiger partial charge on any atom is 0.435 e. The van der Waals surface area contributed by atoms with Gasteiger partial charge in [-0.15, -0.1) is 0 Å². The molecule has 0 spiro atoms. The van der Waals surface area contributed by atoms with Crippen molar-refractivity contribution in [1.29, 1.82) is 0 Å². The first-order valence-electron chi connectivity index (χ1n) is 8.31. The summed E-state index contributed by atoms with van der Waals surface area (Å²) >= 11 is 6.65. The van der Waals surface area contributed by atoms with E-state index in [-0.39, 0.29) is 22.6 Å². The highest BCUT2D eigenvalue weighted by molar-refractivity contribution is 7.97. The van der Waals surface area contributed by atoms with Crippen LogP contribution in [0.15, 0.2) is 53.5 Å². The quantitative estimate of drug-likeness (QED) is 0.642. The zero-order valence-electron chi connectivity index (χ0n) is 14.7. The van der Waals surface area contributed by atoms with E-state index in [2.05, 4.69) is 10.4 Å². The molecule has 1 aromatic heterocycles. The van der Waals surface area contributed by atoms with Gasteiger partial charge in [0.2, 0.25) is 5.88 Å². The monoisotopic (exact) mass is 445 g/mol. The molecule has 11 heteroatoms. The number of hydrogen-bond acceptors (Lipinski definition) is 5. The predicted molar refractivity (Wildman–Crippen MR) is 103 cm³/mol. The van der Waals surface area contributed by atoms with Crippen LogP contribution in [0.5, 0.6) is 5.88 Å². The Bertz CT molecular complexity index is 959. The standard InChI is InChI=1S/C18H15ClF3N3O3S/c19-13-6-1-2-7-14(13)25-17(9-15(24-25)18(20,21)22)28-10-16(26)23-11-4-3-5-12(8-11)29-27/h1-7,9,11,27H,8,10H2,(H,23,26). The molecule has 6 nitrogen and oxygen atoms in total. The van der Waals surface area contributed by atoms with Crippen LogP contribution in [0.25, 0.3) is 5.69 Å². The van der Waals surface area contributed by atoms with Gasteiger partial charge in [0.05, 0.1) is 16.8 Å². The molecule has 154 valence electrons. The number of benzene rings is 1. The van der Waals surface area contributed by atoms with Gasteiger partial charge < -0.3 is 14.6 Å². The SMILES string of the molecule is O=C(COc1cc(C(F)(F)F)nn1-c1ccccc1Cl)NC1C=CC=C(SO)C1. The van der Waals surface area contributed by atoms with E-state index < -0.39 is 24.4 Å². The second-order valence-electron chi connectivity index (χ2n) is 6.00. The number of amides is 1. The number of nitrogens with zero attached hydrogens (tertiary/aromatic N) is 2. The molecule has 1 aliphatic rings. The highest BCUT2D eigenvalue weighted by atomic mass is 35.5. The molecule has 2 N–H and O–H groups in total. The van der Waals surface area contributed by atoms with Gasteiger partial charge in [0.25, 0.3) is 5.91 Å². The fraction of sp³-hybridized carbons (Fsp3) is 0.222. The summed E-state index contributed by atoms with van der Waals surface area (Å²) in [6, 6.07) is 6.55. The van der Waals surface area contributed by atoms with Crippen molar-refractivity contribution < 1.29 is 27.3 Å². The molecule has 1 aliphatic carbocycles. The first-order valence-corrected chi connectivity index (χ1v) is 9.46. The van der Waals surface area contributed by atoms with Crippen LogP contribution >= 0.6 is 23.6 Å². The van der Waals surface area contributed by atoms with E-state index in [4.69, 9.17) is 20.9 Å². The average Bonchev–Trinajstić information content (AvgIpc) is 3.11. The van der Waals surface area contributed by atoms with E-state index in [0.29, 0.717) is 29.4 Å². The molecule has 29 heavy (non-hydrogen) atoms. The number of alkyl halides is 3. The Kier molecular flexibility index (Phi) is 6.56. The molecular weight excluding hydrogens is 431 g/mol. The Morgan fingerprint density at radius 2 is 2.17 bits per heavy atom. The fourth-order valence-electron chi connectivity index (χ4n) is 2.61. The lowest BCUT2D eigenvalue weighted by Gasteiger charge is -2.18. The van der Waals surface area contributed by atoms with Gasteiger partial charge in [-0.1, -0.05) is 42.0 Å². The molecule has 0 saturated carbocycles. The molecule has 0 fully saturated rings. The number of aromatic nitrogens is 2. The number of allylic oxidation sites excluding steroid dienone is 2. The smallest absolute Gasteiger partial charge is 0.435 e. The number of hydrogen-bond donors (Lipinski definition) is 2. The summed E-state index contributed by atoms with van der Waals surface area (Å²) in [5, 5.41) is 6.37. The van der Waals surface area contributed by atoms with Crippen molar-refractivity contribution in [3.8, 4) is 11.6 Å². The topological polar surface area (TPSA) is 76.4 Å². The van der Waals surface area contributed by atoms with Crippen LogP contribution < -0.4 is 10.1 Å². The van der Waals surface area contributed by atoms with E-state index in [0.717, 1.165) is 4.68 Å². The zero-order valence-corrected chi connectivity index (χ0v) is 16.3. The molecule has 1 amide bonds. The normalized spacial score (nSPS) is 16.4. The largest absolute Gasteiger partial charge is 0.467 e. The summed E-state index contributed by atoms with van der Waals surface area (Å²) in [6.07, 6.45) is 0.845. The highest BCUT2D eigenvalue weighted by Gasteiger charge is 2.36. The van der Waals surface area contributed by atoms with Crippen molar-refractivity contribution in [1.82, 2.24) is 15.1 Å². The predicted octanol–water partition coefficient (Wildman–Crippen LogP) is 4.46. The Morgan fingerprint density at radius 1 is 1.41 bits per heavy atom. The number of carbonyl (C=O) groups excluding carboxylic acids is 1. The molecule has 0 aliphatic heterocycles.